The molecule has 0 aliphatic carbocycles. The number of aromatic nitrogens is 1. The van der Waals surface area contributed by atoms with Crippen molar-refractivity contribution in [2.24, 2.45) is 5.92 Å². The number of rotatable bonds is 4. The zero-order valence-electron chi connectivity index (χ0n) is 9.69. The van der Waals surface area contributed by atoms with Crippen LogP contribution in [0.2, 0.25) is 0 Å². The number of nitrogens with zero attached hydrogens (tertiary/aromatic N) is 1. The summed E-state index contributed by atoms with van der Waals surface area (Å²) in [6, 6.07) is 0. The molecule has 1 aromatic rings. The standard InChI is InChI=1S/C12H19NO2S/c1-9(14)6-11-8-13-12(15-11)7-10-2-4-16-5-3-10/h8-10,14H,2-7H2,1H3. The van der Waals surface area contributed by atoms with Crippen molar-refractivity contribution in [1.29, 1.82) is 0 Å². The molecule has 0 bridgehead atoms. The van der Waals surface area contributed by atoms with Crippen molar-refractivity contribution < 1.29 is 9.52 Å². The van der Waals surface area contributed by atoms with Crippen LogP contribution in [-0.2, 0) is 12.8 Å². The Hall–Kier alpha value is -0.480. The first-order chi connectivity index (χ1) is 7.74. The van der Waals surface area contributed by atoms with Gasteiger partial charge in [-0.05, 0) is 37.2 Å². The smallest absolute Gasteiger partial charge is 0.194 e. The molecule has 1 unspecified atom stereocenters. The van der Waals surface area contributed by atoms with E-state index in [-0.39, 0.29) is 6.10 Å². The van der Waals surface area contributed by atoms with E-state index in [9.17, 15) is 5.11 Å². The van der Waals surface area contributed by atoms with E-state index in [4.69, 9.17) is 4.42 Å². The molecule has 0 radical (unpaired) electrons. The maximum atomic E-state index is 9.25. The molecule has 4 heteroatoms. The van der Waals surface area contributed by atoms with Gasteiger partial charge in [0, 0.05) is 12.8 Å². The van der Waals surface area contributed by atoms with Gasteiger partial charge in [-0.15, -0.1) is 0 Å². The third kappa shape index (κ3) is 3.52. The molecule has 90 valence electrons. The first kappa shape index (κ1) is 12.0. The Kier molecular flexibility index (Phi) is 4.29. The first-order valence-corrected chi connectivity index (χ1v) is 7.09. The van der Waals surface area contributed by atoms with Crippen molar-refractivity contribution in [1.82, 2.24) is 4.98 Å². The number of aliphatic hydroxyl groups is 1. The maximum absolute atomic E-state index is 9.25. The molecular weight excluding hydrogens is 222 g/mol. The van der Waals surface area contributed by atoms with Crippen molar-refractivity contribution in [3.63, 3.8) is 0 Å². The Labute approximate surface area is 101 Å². The summed E-state index contributed by atoms with van der Waals surface area (Å²) >= 11 is 2.04. The van der Waals surface area contributed by atoms with Crippen LogP contribution < -0.4 is 0 Å². The predicted octanol–water partition coefficient (Wildman–Crippen LogP) is 2.28. The molecule has 1 atom stereocenters. The van der Waals surface area contributed by atoms with Crippen molar-refractivity contribution in [3.05, 3.63) is 17.8 Å². The van der Waals surface area contributed by atoms with E-state index in [1.165, 1.54) is 24.3 Å². The average molecular weight is 241 g/mol. The maximum Gasteiger partial charge on any atom is 0.194 e. The molecule has 1 aromatic heterocycles. The van der Waals surface area contributed by atoms with Gasteiger partial charge in [0.25, 0.3) is 0 Å². The fourth-order valence-electron chi connectivity index (χ4n) is 2.03. The molecule has 1 aliphatic rings. The largest absolute Gasteiger partial charge is 0.446 e. The van der Waals surface area contributed by atoms with Gasteiger partial charge in [-0.25, -0.2) is 4.98 Å². The van der Waals surface area contributed by atoms with Gasteiger partial charge >= 0.3 is 0 Å². The number of hydrogen-bond donors (Lipinski definition) is 1. The second-order valence-electron chi connectivity index (χ2n) is 4.53. The zero-order valence-corrected chi connectivity index (χ0v) is 10.5. The predicted molar refractivity (Wildman–Crippen MR) is 65.6 cm³/mol. The first-order valence-electron chi connectivity index (χ1n) is 5.93. The molecule has 0 spiro atoms. The molecular formula is C12H19NO2S. The van der Waals surface area contributed by atoms with Gasteiger partial charge in [0.1, 0.15) is 5.76 Å². The number of thioether (sulfide) groups is 1. The van der Waals surface area contributed by atoms with Crippen LogP contribution in [0.3, 0.4) is 0 Å². The number of oxazole rings is 1. The third-order valence-corrected chi connectivity index (χ3v) is 3.95. The topological polar surface area (TPSA) is 46.3 Å². The van der Waals surface area contributed by atoms with E-state index in [2.05, 4.69) is 4.98 Å². The molecule has 1 saturated heterocycles. The summed E-state index contributed by atoms with van der Waals surface area (Å²) in [6.45, 7) is 1.76. The molecule has 2 heterocycles. The molecule has 0 amide bonds. The quantitative estimate of drug-likeness (QED) is 0.878. The van der Waals surface area contributed by atoms with E-state index in [1.54, 1.807) is 13.1 Å². The number of hydrogen-bond acceptors (Lipinski definition) is 4. The third-order valence-electron chi connectivity index (χ3n) is 2.90. The highest BCUT2D eigenvalue weighted by atomic mass is 32.2. The molecule has 0 aromatic carbocycles. The van der Waals surface area contributed by atoms with Gasteiger partial charge in [-0.1, -0.05) is 0 Å². The van der Waals surface area contributed by atoms with Crippen molar-refractivity contribution in [2.75, 3.05) is 11.5 Å². The van der Waals surface area contributed by atoms with Crippen LogP contribution in [0.5, 0.6) is 0 Å². The van der Waals surface area contributed by atoms with E-state index in [1.807, 2.05) is 11.8 Å². The van der Waals surface area contributed by atoms with Gasteiger partial charge in [0.05, 0.1) is 12.3 Å². The minimum atomic E-state index is -0.355. The summed E-state index contributed by atoms with van der Waals surface area (Å²) in [5.41, 5.74) is 0. The van der Waals surface area contributed by atoms with Gasteiger partial charge in [-0.2, -0.15) is 11.8 Å². The van der Waals surface area contributed by atoms with Crippen LogP contribution in [0.4, 0.5) is 0 Å². The van der Waals surface area contributed by atoms with Crippen LogP contribution in [0, 0.1) is 5.92 Å². The van der Waals surface area contributed by atoms with Crippen LogP contribution in [0.1, 0.15) is 31.4 Å². The molecule has 1 fully saturated rings. The second kappa shape index (κ2) is 5.73. The van der Waals surface area contributed by atoms with Gasteiger partial charge in [-0.3, -0.25) is 0 Å². The van der Waals surface area contributed by atoms with Crippen molar-refractivity contribution in [3.8, 4) is 0 Å². The fourth-order valence-corrected chi connectivity index (χ4v) is 3.23. The SMILES string of the molecule is CC(O)Cc1cnc(CC2CCSCC2)o1. The Bertz CT molecular complexity index is 319. The highest BCUT2D eigenvalue weighted by Crippen LogP contribution is 2.25. The monoisotopic (exact) mass is 241 g/mol. The Morgan fingerprint density at radius 3 is 3.00 bits per heavy atom. The van der Waals surface area contributed by atoms with Gasteiger partial charge in [0.15, 0.2) is 5.89 Å². The summed E-state index contributed by atoms with van der Waals surface area (Å²) in [5.74, 6) is 4.92. The van der Waals surface area contributed by atoms with Crippen LogP contribution >= 0.6 is 11.8 Å². The van der Waals surface area contributed by atoms with Gasteiger partial charge in [0.2, 0.25) is 0 Å². The van der Waals surface area contributed by atoms with Crippen molar-refractivity contribution >= 4 is 11.8 Å². The fraction of sp³-hybridized carbons (Fsp3) is 0.750. The molecule has 3 nitrogen and oxygen atoms in total. The summed E-state index contributed by atoms with van der Waals surface area (Å²) in [6.07, 6.45) is 5.47. The lowest BCUT2D eigenvalue weighted by Gasteiger charge is -2.19. The van der Waals surface area contributed by atoms with Crippen LogP contribution in [-0.4, -0.2) is 27.7 Å². The molecule has 2 rings (SSSR count). The molecule has 0 saturated carbocycles. The summed E-state index contributed by atoms with van der Waals surface area (Å²) in [5, 5.41) is 9.25. The molecule has 16 heavy (non-hydrogen) atoms. The zero-order chi connectivity index (χ0) is 11.4. The summed E-state index contributed by atoms with van der Waals surface area (Å²) in [7, 11) is 0. The van der Waals surface area contributed by atoms with Crippen LogP contribution in [0.15, 0.2) is 10.6 Å². The van der Waals surface area contributed by atoms with Gasteiger partial charge < -0.3 is 9.52 Å². The van der Waals surface area contributed by atoms with Crippen molar-refractivity contribution in [2.45, 2.75) is 38.7 Å². The normalized spacial score (nSPS) is 19.9. The highest BCUT2D eigenvalue weighted by molar-refractivity contribution is 7.99. The van der Waals surface area contributed by atoms with E-state index in [0.29, 0.717) is 6.42 Å². The summed E-state index contributed by atoms with van der Waals surface area (Å²) < 4.78 is 5.62. The highest BCUT2D eigenvalue weighted by Gasteiger charge is 2.17. The Morgan fingerprint density at radius 1 is 1.56 bits per heavy atom. The molecule has 1 aliphatic heterocycles. The van der Waals surface area contributed by atoms with E-state index in [0.717, 1.165) is 24.0 Å². The van der Waals surface area contributed by atoms with E-state index < -0.39 is 0 Å². The minimum absolute atomic E-state index is 0.355. The molecule has 1 N–H and O–H groups in total. The lowest BCUT2D eigenvalue weighted by Crippen LogP contribution is -2.12. The summed E-state index contributed by atoms with van der Waals surface area (Å²) in [4.78, 5) is 4.28. The lowest BCUT2D eigenvalue weighted by molar-refractivity contribution is 0.186. The second-order valence-corrected chi connectivity index (χ2v) is 5.76. The Morgan fingerprint density at radius 2 is 2.31 bits per heavy atom. The average Bonchev–Trinajstić information content (AvgIpc) is 2.66. The van der Waals surface area contributed by atoms with Crippen LogP contribution in [0.25, 0.3) is 0 Å². The van der Waals surface area contributed by atoms with E-state index >= 15 is 0 Å². The number of aliphatic hydroxyl groups excluding tert-OH is 1. The lowest BCUT2D eigenvalue weighted by atomic mass is 9.99. The minimum Gasteiger partial charge on any atom is -0.446 e. The Balaban J connectivity index is 1.86.